The van der Waals surface area contributed by atoms with E-state index < -0.39 is 16.7 Å². The largest absolute Gasteiger partial charge is 0.493 e. The number of fused-ring (bicyclic) bond motifs is 1. The topological polar surface area (TPSA) is 104 Å². The lowest BCUT2D eigenvalue weighted by Crippen LogP contribution is -2.26. The molecule has 134 valence electrons. The zero-order valence-corrected chi connectivity index (χ0v) is 14.7. The number of rotatable bonds is 5. The number of carbonyl (C=O) groups excluding carboxylic acids is 1. The molecule has 0 aliphatic carbocycles. The Kier molecular flexibility index (Phi) is 5.26. The molecule has 9 nitrogen and oxygen atoms in total. The molecule has 0 spiro atoms. The molecule has 0 aliphatic rings. The predicted molar refractivity (Wildman–Crippen MR) is 90.6 cm³/mol. The lowest BCUT2D eigenvalue weighted by atomic mass is 10.1. The monoisotopic (exact) mass is 349 g/mol. The molecule has 0 N–H and O–H groups in total. The second-order valence-electron chi connectivity index (χ2n) is 5.35. The molecule has 1 heterocycles. The molecule has 0 saturated heterocycles. The van der Waals surface area contributed by atoms with Crippen LogP contribution in [0.25, 0.3) is 10.8 Å². The Bertz CT molecular complexity index is 834. The first kappa shape index (κ1) is 18.2. The molecule has 0 saturated carbocycles. The number of amides is 1. The number of hydrogen-bond donors (Lipinski definition) is 0. The molecule has 0 atom stereocenters. The number of methoxy groups -OCH3 is 1. The Hall–Kier alpha value is -3.10. The van der Waals surface area contributed by atoms with E-state index in [1.807, 2.05) is 6.92 Å². The summed E-state index contributed by atoms with van der Waals surface area (Å²) in [4.78, 5) is 28.0. The second-order valence-corrected chi connectivity index (χ2v) is 5.35. The van der Waals surface area contributed by atoms with Gasteiger partial charge in [-0.3, -0.25) is 10.1 Å². The number of hydrogen-bond acceptors (Lipinski definition) is 7. The van der Waals surface area contributed by atoms with Gasteiger partial charge in [-0.2, -0.15) is 0 Å². The van der Waals surface area contributed by atoms with Crippen LogP contribution in [0, 0.1) is 17.0 Å². The molecule has 0 unspecified atom stereocenters. The minimum atomic E-state index is -0.757. The zero-order valence-electron chi connectivity index (χ0n) is 14.7. The summed E-state index contributed by atoms with van der Waals surface area (Å²) in [6.45, 7) is 3.90. The maximum absolute atomic E-state index is 11.8. The van der Waals surface area contributed by atoms with Crippen LogP contribution in [0.3, 0.4) is 0 Å². The molecule has 2 rings (SSSR count). The Balaban J connectivity index is 2.77. The summed E-state index contributed by atoms with van der Waals surface area (Å²) < 4.78 is 15.8. The number of ether oxygens (including phenoxy) is 3. The summed E-state index contributed by atoms with van der Waals surface area (Å²) in [5.41, 5.74) is 0.0583. The van der Waals surface area contributed by atoms with E-state index in [9.17, 15) is 14.9 Å². The third-order valence-corrected chi connectivity index (χ3v) is 3.45. The van der Waals surface area contributed by atoms with Gasteiger partial charge < -0.3 is 19.1 Å². The van der Waals surface area contributed by atoms with Crippen LogP contribution < -0.4 is 14.2 Å². The molecule has 0 radical (unpaired) electrons. The molecule has 25 heavy (non-hydrogen) atoms. The zero-order chi connectivity index (χ0) is 18.7. The van der Waals surface area contributed by atoms with Gasteiger partial charge in [-0.25, -0.2) is 9.78 Å². The van der Waals surface area contributed by atoms with Crippen LogP contribution in [0.2, 0.25) is 0 Å². The molecular weight excluding hydrogens is 330 g/mol. The molecule has 0 fully saturated rings. The highest BCUT2D eigenvalue weighted by Crippen LogP contribution is 2.41. The summed E-state index contributed by atoms with van der Waals surface area (Å²) in [7, 11) is 4.38. The van der Waals surface area contributed by atoms with Crippen molar-refractivity contribution < 1.29 is 23.9 Å². The number of aryl methyl sites for hydroxylation is 1. The summed E-state index contributed by atoms with van der Waals surface area (Å²) in [5.74, 6) is 0.433. The van der Waals surface area contributed by atoms with Crippen LogP contribution in [-0.4, -0.2) is 48.7 Å². The van der Waals surface area contributed by atoms with Crippen molar-refractivity contribution in [2.24, 2.45) is 0 Å². The molecule has 1 aromatic carbocycles. The normalized spacial score (nSPS) is 10.4. The summed E-state index contributed by atoms with van der Waals surface area (Å²) in [6.07, 6.45) is -0.757. The molecule has 1 aromatic heterocycles. The third kappa shape index (κ3) is 3.54. The van der Waals surface area contributed by atoms with Crippen molar-refractivity contribution in [3.8, 4) is 17.4 Å². The lowest BCUT2D eigenvalue weighted by molar-refractivity contribution is -0.384. The quantitative estimate of drug-likeness (QED) is 0.604. The number of pyridine rings is 1. The first-order chi connectivity index (χ1) is 11.8. The Morgan fingerprint density at radius 2 is 1.92 bits per heavy atom. The van der Waals surface area contributed by atoms with Crippen molar-refractivity contribution in [3.63, 3.8) is 0 Å². The summed E-state index contributed by atoms with van der Waals surface area (Å²) in [6, 6.07) is 3.12. The fourth-order valence-corrected chi connectivity index (χ4v) is 2.29. The van der Waals surface area contributed by atoms with Crippen LogP contribution in [0.1, 0.15) is 12.6 Å². The third-order valence-electron chi connectivity index (χ3n) is 3.45. The van der Waals surface area contributed by atoms with Gasteiger partial charge in [0, 0.05) is 25.2 Å². The average molecular weight is 349 g/mol. The van der Waals surface area contributed by atoms with Crippen LogP contribution in [0.4, 0.5) is 10.5 Å². The van der Waals surface area contributed by atoms with E-state index in [0.29, 0.717) is 29.2 Å². The maximum atomic E-state index is 11.8. The maximum Gasteiger partial charge on any atom is 0.416 e. The summed E-state index contributed by atoms with van der Waals surface area (Å²) >= 11 is 0. The molecule has 1 amide bonds. The number of aromatic nitrogens is 1. The SMILES string of the molecule is CCOc1cc2c(C)nc(OC(=O)N(C)C)c([N+](=O)[O-])c2cc1OC. The van der Waals surface area contributed by atoms with E-state index in [4.69, 9.17) is 14.2 Å². The number of nitro groups is 1. The first-order valence-electron chi connectivity index (χ1n) is 7.48. The molecule has 2 aromatic rings. The second kappa shape index (κ2) is 7.20. The minimum Gasteiger partial charge on any atom is -0.493 e. The molecule has 0 bridgehead atoms. The van der Waals surface area contributed by atoms with Gasteiger partial charge in [0.25, 0.3) is 0 Å². The number of carbonyl (C=O) groups is 1. The predicted octanol–water partition coefficient (Wildman–Crippen LogP) is 2.92. The fourth-order valence-electron chi connectivity index (χ4n) is 2.29. The van der Waals surface area contributed by atoms with E-state index in [-0.39, 0.29) is 11.3 Å². The van der Waals surface area contributed by atoms with Gasteiger partial charge in [-0.1, -0.05) is 0 Å². The Morgan fingerprint density at radius 1 is 1.28 bits per heavy atom. The van der Waals surface area contributed by atoms with E-state index in [2.05, 4.69) is 4.98 Å². The molecule has 9 heteroatoms. The van der Waals surface area contributed by atoms with E-state index in [1.165, 1.54) is 27.3 Å². The van der Waals surface area contributed by atoms with Crippen molar-refractivity contribution in [1.82, 2.24) is 9.88 Å². The van der Waals surface area contributed by atoms with Crippen molar-refractivity contribution >= 4 is 22.6 Å². The van der Waals surface area contributed by atoms with Gasteiger partial charge >= 0.3 is 17.7 Å². The van der Waals surface area contributed by atoms with Crippen LogP contribution >= 0.6 is 0 Å². The van der Waals surface area contributed by atoms with Gasteiger partial charge in [0.1, 0.15) is 0 Å². The average Bonchev–Trinajstić information content (AvgIpc) is 2.54. The van der Waals surface area contributed by atoms with E-state index in [1.54, 1.807) is 13.0 Å². The molecule has 0 aliphatic heterocycles. The van der Waals surface area contributed by atoms with E-state index in [0.717, 1.165) is 4.90 Å². The number of nitrogens with zero attached hydrogens (tertiary/aromatic N) is 3. The highest BCUT2D eigenvalue weighted by atomic mass is 16.6. The van der Waals surface area contributed by atoms with Gasteiger partial charge in [0.2, 0.25) is 0 Å². The number of benzene rings is 1. The van der Waals surface area contributed by atoms with Gasteiger partial charge in [-0.05, 0) is 26.0 Å². The van der Waals surface area contributed by atoms with Crippen molar-refractivity contribution in [1.29, 1.82) is 0 Å². The summed E-state index contributed by atoms with van der Waals surface area (Å²) in [5, 5.41) is 12.4. The first-order valence-corrected chi connectivity index (χ1v) is 7.48. The Morgan fingerprint density at radius 3 is 2.44 bits per heavy atom. The van der Waals surface area contributed by atoms with Crippen molar-refractivity contribution in [2.75, 3.05) is 27.8 Å². The van der Waals surface area contributed by atoms with E-state index >= 15 is 0 Å². The van der Waals surface area contributed by atoms with Crippen molar-refractivity contribution in [2.45, 2.75) is 13.8 Å². The minimum absolute atomic E-state index is 0.249. The smallest absolute Gasteiger partial charge is 0.416 e. The van der Waals surface area contributed by atoms with Crippen LogP contribution in [0.15, 0.2) is 12.1 Å². The Labute approximate surface area is 144 Å². The highest BCUT2D eigenvalue weighted by Gasteiger charge is 2.27. The highest BCUT2D eigenvalue weighted by molar-refractivity contribution is 5.97. The molecular formula is C16H19N3O6. The van der Waals surface area contributed by atoms with Gasteiger partial charge in [-0.15, -0.1) is 0 Å². The lowest BCUT2D eigenvalue weighted by Gasteiger charge is -2.14. The van der Waals surface area contributed by atoms with Crippen LogP contribution in [0.5, 0.6) is 17.4 Å². The van der Waals surface area contributed by atoms with Crippen LogP contribution in [-0.2, 0) is 0 Å². The standard InChI is InChI=1S/C16H19N3O6/c1-6-24-13-7-10-9(2)17-15(25-16(20)18(3)4)14(19(21)22)11(10)8-12(13)23-5/h7-8H,6H2,1-5H3. The van der Waals surface area contributed by atoms with Gasteiger partial charge in [0.05, 0.1) is 24.0 Å². The van der Waals surface area contributed by atoms with Gasteiger partial charge in [0.15, 0.2) is 11.5 Å². The van der Waals surface area contributed by atoms with Crippen molar-refractivity contribution in [3.05, 3.63) is 27.9 Å². The fraction of sp³-hybridized carbons (Fsp3) is 0.375.